The predicted molar refractivity (Wildman–Crippen MR) is 103 cm³/mol. The van der Waals surface area contributed by atoms with Gasteiger partial charge in [0.05, 0.1) is 18.3 Å². The SMILES string of the molecule is COCCN(C(=S)Nc1cc(C)cc(C)c1)C(C)c1ccccn1. The smallest absolute Gasteiger partial charge is 0.174 e. The largest absolute Gasteiger partial charge is 0.383 e. The third-order valence-corrected chi connectivity index (χ3v) is 4.19. The Kier molecular flexibility index (Phi) is 6.70. The molecule has 1 N–H and O–H groups in total. The quantitative estimate of drug-likeness (QED) is 0.799. The number of nitrogens with zero attached hydrogens (tertiary/aromatic N) is 2. The third kappa shape index (κ3) is 5.01. The number of ether oxygens (including phenoxy) is 1. The number of benzene rings is 1. The summed E-state index contributed by atoms with van der Waals surface area (Å²) in [4.78, 5) is 6.57. The summed E-state index contributed by atoms with van der Waals surface area (Å²) in [7, 11) is 1.70. The summed E-state index contributed by atoms with van der Waals surface area (Å²) in [5.41, 5.74) is 4.41. The Morgan fingerprint density at radius 1 is 1.25 bits per heavy atom. The minimum atomic E-state index is 0.0623. The van der Waals surface area contributed by atoms with Crippen molar-refractivity contribution >= 4 is 23.0 Å². The van der Waals surface area contributed by atoms with Crippen LogP contribution in [0.1, 0.15) is 29.8 Å². The molecule has 0 fully saturated rings. The Bertz CT molecular complexity index is 655. The van der Waals surface area contributed by atoms with Crippen LogP contribution in [0.25, 0.3) is 0 Å². The number of anilines is 1. The van der Waals surface area contributed by atoms with E-state index in [1.54, 1.807) is 13.3 Å². The van der Waals surface area contributed by atoms with Crippen LogP contribution in [0.4, 0.5) is 5.69 Å². The molecular weight excluding hydrogens is 318 g/mol. The number of hydrogen-bond acceptors (Lipinski definition) is 3. The van der Waals surface area contributed by atoms with E-state index in [2.05, 4.69) is 54.2 Å². The molecule has 0 saturated heterocycles. The van der Waals surface area contributed by atoms with Gasteiger partial charge in [0.1, 0.15) is 0 Å². The Labute approximate surface area is 149 Å². The van der Waals surface area contributed by atoms with Gasteiger partial charge in [0.25, 0.3) is 0 Å². The first-order chi connectivity index (χ1) is 11.5. The molecule has 0 bridgehead atoms. The molecule has 4 nitrogen and oxygen atoms in total. The summed E-state index contributed by atoms with van der Waals surface area (Å²) in [6.07, 6.45) is 1.81. The van der Waals surface area contributed by atoms with Crippen LogP contribution in [0.15, 0.2) is 42.6 Å². The monoisotopic (exact) mass is 343 g/mol. The van der Waals surface area contributed by atoms with Crippen molar-refractivity contribution in [3.05, 3.63) is 59.4 Å². The van der Waals surface area contributed by atoms with Gasteiger partial charge in [-0.1, -0.05) is 12.1 Å². The number of nitrogens with one attached hydrogen (secondary N) is 1. The Morgan fingerprint density at radius 3 is 2.54 bits per heavy atom. The molecule has 1 heterocycles. The van der Waals surface area contributed by atoms with Crippen molar-refractivity contribution in [1.82, 2.24) is 9.88 Å². The second-order valence-electron chi connectivity index (χ2n) is 5.92. The molecule has 0 aliphatic heterocycles. The van der Waals surface area contributed by atoms with Gasteiger partial charge in [-0.3, -0.25) is 4.98 Å². The third-order valence-electron chi connectivity index (χ3n) is 3.85. The van der Waals surface area contributed by atoms with Crippen LogP contribution in [0.2, 0.25) is 0 Å². The highest BCUT2D eigenvalue weighted by Crippen LogP contribution is 2.20. The molecule has 2 aromatic rings. The molecule has 24 heavy (non-hydrogen) atoms. The van der Waals surface area contributed by atoms with Crippen molar-refractivity contribution in [2.24, 2.45) is 0 Å². The highest BCUT2D eigenvalue weighted by Gasteiger charge is 2.19. The van der Waals surface area contributed by atoms with Crippen molar-refractivity contribution < 1.29 is 4.74 Å². The number of thiocarbonyl (C=S) groups is 1. The molecule has 0 amide bonds. The van der Waals surface area contributed by atoms with Gasteiger partial charge in [0.2, 0.25) is 0 Å². The molecule has 0 aliphatic rings. The highest BCUT2D eigenvalue weighted by molar-refractivity contribution is 7.80. The van der Waals surface area contributed by atoms with Gasteiger partial charge in [-0.25, -0.2) is 0 Å². The molecular formula is C19H25N3OS. The van der Waals surface area contributed by atoms with E-state index in [-0.39, 0.29) is 6.04 Å². The van der Waals surface area contributed by atoms with E-state index in [1.807, 2.05) is 18.2 Å². The maximum Gasteiger partial charge on any atom is 0.174 e. The number of rotatable bonds is 6. The summed E-state index contributed by atoms with van der Waals surface area (Å²) in [6.45, 7) is 7.57. The molecule has 1 atom stereocenters. The summed E-state index contributed by atoms with van der Waals surface area (Å²) in [5.74, 6) is 0. The van der Waals surface area contributed by atoms with Gasteiger partial charge < -0.3 is 15.0 Å². The van der Waals surface area contributed by atoms with E-state index in [4.69, 9.17) is 17.0 Å². The number of pyridine rings is 1. The number of hydrogen-bond donors (Lipinski definition) is 1. The zero-order valence-electron chi connectivity index (χ0n) is 14.7. The molecule has 5 heteroatoms. The van der Waals surface area contributed by atoms with E-state index in [0.717, 1.165) is 11.4 Å². The zero-order valence-corrected chi connectivity index (χ0v) is 15.6. The fraction of sp³-hybridized carbons (Fsp3) is 0.368. The lowest BCUT2D eigenvalue weighted by molar-refractivity contribution is 0.164. The van der Waals surface area contributed by atoms with Gasteiger partial charge in [0.15, 0.2) is 5.11 Å². The van der Waals surface area contributed by atoms with Crippen molar-refractivity contribution in [2.75, 3.05) is 25.6 Å². The molecule has 0 saturated carbocycles. The summed E-state index contributed by atoms with van der Waals surface area (Å²) >= 11 is 5.67. The van der Waals surface area contributed by atoms with E-state index in [0.29, 0.717) is 18.3 Å². The van der Waals surface area contributed by atoms with Crippen molar-refractivity contribution in [1.29, 1.82) is 0 Å². The van der Waals surface area contributed by atoms with Crippen molar-refractivity contribution in [3.63, 3.8) is 0 Å². The van der Waals surface area contributed by atoms with Gasteiger partial charge >= 0.3 is 0 Å². The summed E-state index contributed by atoms with van der Waals surface area (Å²) < 4.78 is 5.25. The zero-order chi connectivity index (χ0) is 17.5. The van der Waals surface area contributed by atoms with E-state index in [9.17, 15) is 0 Å². The minimum absolute atomic E-state index is 0.0623. The first kappa shape index (κ1) is 18.4. The topological polar surface area (TPSA) is 37.4 Å². The van der Waals surface area contributed by atoms with E-state index < -0.39 is 0 Å². The Hall–Kier alpha value is -1.98. The molecule has 0 spiro atoms. The lowest BCUT2D eigenvalue weighted by Gasteiger charge is -2.31. The fourth-order valence-corrected chi connectivity index (χ4v) is 3.05. The number of aromatic nitrogens is 1. The first-order valence-corrected chi connectivity index (χ1v) is 8.48. The van der Waals surface area contributed by atoms with Gasteiger partial charge in [-0.05, 0) is 68.4 Å². The molecule has 128 valence electrons. The first-order valence-electron chi connectivity index (χ1n) is 8.07. The summed E-state index contributed by atoms with van der Waals surface area (Å²) in [5, 5.41) is 4.03. The van der Waals surface area contributed by atoms with Gasteiger partial charge in [-0.2, -0.15) is 0 Å². The average Bonchev–Trinajstić information content (AvgIpc) is 2.54. The van der Waals surface area contributed by atoms with Crippen LogP contribution >= 0.6 is 12.2 Å². The van der Waals surface area contributed by atoms with E-state index >= 15 is 0 Å². The predicted octanol–water partition coefficient (Wildman–Crippen LogP) is 4.10. The lowest BCUT2D eigenvalue weighted by Crippen LogP contribution is -2.39. The van der Waals surface area contributed by atoms with Crippen LogP contribution in [0, 0.1) is 13.8 Å². The minimum Gasteiger partial charge on any atom is -0.383 e. The maximum absolute atomic E-state index is 5.67. The standard InChI is InChI=1S/C19H25N3OS/c1-14-11-15(2)13-17(12-14)21-19(24)22(9-10-23-4)16(3)18-7-5-6-8-20-18/h5-8,11-13,16H,9-10H2,1-4H3,(H,21,24). The molecule has 2 rings (SSSR count). The van der Waals surface area contributed by atoms with Gasteiger partial charge in [0, 0.05) is 25.5 Å². The molecule has 0 radical (unpaired) electrons. The normalized spacial score (nSPS) is 11.8. The Balaban J connectivity index is 2.18. The van der Waals surface area contributed by atoms with Crippen LogP contribution in [0.3, 0.4) is 0 Å². The highest BCUT2D eigenvalue weighted by atomic mass is 32.1. The second kappa shape index (κ2) is 8.76. The fourth-order valence-electron chi connectivity index (χ4n) is 2.69. The lowest BCUT2D eigenvalue weighted by atomic mass is 10.1. The van der Waals surface area contributed by atoms with Gasteiger partial charge in [-0.15, -0.1) is 0 Å². The number of aryl methyl sites for hydroxylation is 2. The second-order valence-corrected chi connectivity index (χ2v) is 6.31. The molecule has 1 aromatic carbocycles. The molecule has 1 aromatic heterocycles. The van der Waals surface area contributed by atoms with Crippen LogP contribution in [0.5, 0.6) is 0 Å². The van der Waals surface area contributed by atoms with Crippen LogP contribution in [-0.2, 0) is 4.74 Å². The van der Waals surface area contributed by atoms with Crippen LogP contribution < -0.4 is 5.32 Å². The average molecular weight is 343 g/mol. The molecule has 1 unspecified atom stereocenters. The maximum atomic E-state index is 5.67. The Morgan fingerprint density at radius 2 is 1.96 bits per heavy atom. The van der Waals surface area contributed by atoms with Crippen LogP contribution in [-0.4, -0.2) is 35.3 Å². The summed E-state index contributed by atoms with van der Waals surface area (Å²) in [6, 6.07) is 12.3. The number of methoxy groups -OCH3 is 1. The van der Waals surface area contributed by atoms with E-state index in [1.165, 1.54) is 11.1 Å². The van der Waals surface area contributed by atoms with Crippen molar-refractivity contribution in [3.8, 4) is 0 Å². The molecule has 0 aliphatic carbocycles. The van der Waals surface area contributed by atoms with Crippen molar-refractivity contribution in [2.45, 2.75) is 26.8 Å².